The van der Waals surface area contributed by atoms with Gasteiger partial charge in [-0.25, -0.2) is 0 Å². The molecule has 0 spiro atoms. The number of benzene rings is 1. The van der Waals surface area contributed by atoms with Gasteiger partial charge in [0.15, 0.2) is 0 Å². The summed E-state index contributed by atoms with van der Waals surface area (Å²) in [6.45, 7) is 5.28. The third-order valence-corrected chi connectivity index (χ3v) is 5.04. The van der Waals surface area contributed by atoms with Gasteiger partial charge in [-0.05, 0) is 17.9 Å². The van der Waals surface area contributed by atoms with Crippen LogP contribution in [-0.2, 0) is 6.54 Å². The third kappa shape index (κ3) is 3.87. The number of piperazine rings is 1. The monoisotopic (exact) mass is 309 g/mol. The summed E-state index contributed by atoms with van der Waals surface area (Å²) in [5.74, 6) is 0. The van der Waals surface area contributed by atoms with Crippen LogP contribution in [0.4, 0.5) is 5.69 Å². The molecule has 110 valence electrons. The van der Waals surface area contributed by atoms with Crippen molar-refractivity contribution in [2.75, 3.05) is 51.4 Å². The van der Waals surface area contributed by atoms with Crippen LogP contribution in [0.1, 0.15) is 5.56 Å². The Labute approximate surface area is 131 Å². The van der Waals surface area contributed by atoms with Crippen molar-refractivity contribution in [1.29, 1.82) is 0 Å². The summed E-state index contributed by atoms with van der Waals surface area (Å²) in [6, 6.07) is 8.65. The molecule has 0 aromatic heterocycles. The maximum absolute atomic E-state index is 5.36. The molecule has 0 aliphatic carbocycles. The average molecular weight is 310 g/mol. The molecule has 1 aliphatic heterocycles. The third-order valence-electron chi connectivity index (χ3n) is 3.67. The maximum Gasteiger partial charge on any atom is 0.136 e. The Bertz CT molecular complexity index is 454. The molecule has 1 aromatic rings. The Morgan fingerprint density at radius 1 is 1.20 bits per heavy atom. The first-order valence-electron chi connectivity index (χ1n) is 6.92. The quantitative estimate of drug-likeness (QED) is 0.791. The number of thioether (sulfide) groups is 1. The molecule has 0 atom stereocenters. The van der Waals surface area contributed by atoms with E-state index in [1.165, 1.54) is 11.3 Å². The second kappa shape index (κ2) is 7.29. The second-order valence-electron chi connectivity index (χ2n) is 5.26. The van der Waals surface area contributed by atoms with E-state index >= 15 is 0 Å². The van der Waals surface area contributed by atoms with Crippen molar-refractivity contribution in [3.05, 3.63) is 29.8 Å². The molecule has 1 aromatic carbocycles. The van der Waals surface area contributed by atoms with E-state index in [9.17, 15) is 0 Å². The van der Waals surface area contributed by atoms with Gasteiger partial charge in [0.25, 0.3) is 0 Å². The van der Waals surface area contributed by atoms with Gasteiger partial charge in [0.2, 0.25) is 0 Å². The fourth-order valence-electron chi connectivity index (χ4n) is 2.54. The van der Waals surface area contributed by atoms with E-state index in [4.69, 9.17) is 12.2 Å². The fourth-order valence-corrected chi connectivity index (χ4v) is 3.16. The van der Waals surface area contributed by atoms with Crippen molar-refractivity contribution in [1.82, 2.24) is 9.80 Å². The molecule has 1 fully saturated rings. The van der Waals surface area contributed by atoms with Crippen LogP contribution < -0.4 is 4.90 Å². The van der Waals surface area contributed by atoms with Gasteiger partial charge in [0, 0.05) is 52.5 Å². The normalized spacial score (nSPS) is 16.2. The van der Waals surface area contributed by atoms with Crippen LogP contribution in [0.5, 0.6) is 0 Å². The summed E-state index contributed by atoms with van der Waals surface area (Å²) in [4.78, 5) is 7.02. The summed E-state index contributed by atoms with van der Waals surface area (Å²) in [5.41, 5.74) is 2.72. The molecule has 0 bridgehead atoms. The molecule has 0 radical (unpaired) electrons. The number of hydrogen-bond acceptors (Lipinski definition) is 4. The van der Waals surface area contributed by atoms with Crippen LogP contribution in [0.2, 0.25) is 0 Å². The summed E-state index contributed by atoms with van der Waals surface area (Å²) in [6.07, 6.45) is 2.06. The predicted octanol–water partition coefficient (Wildman–Crippen LogP) is 2.52. The molecular weight excluding hydrogens is 286 g/mol. The molecule has 1 aliphatic rings. The summed E-state index contributed by atoms with van der Waals surface area (Å²) < 4.78 is 1.03. The number of para-hydroxylation sites is 1. The van der Waals surface area contributed by atoms with Crippen LogP contribution in [0.3, 0.4) is 0 Å². The van der Waals surface area contributed by atoms with E-state index < -0.39 is 0 Å². The summed E-state index contributed by atoms with van der Waals surface area (Å²) in [7, 11) is 4.21. The average Bonchev–Trinajstić information content (AvgIpc) is 2.47. The second-order valence-corrected chi connectivity index (χ2v) is 6.70. The van der Waals surface area contributed by atoms with Gasteiger partial charge < -0.3 is 9.80 Å². The van der Waals surface area contributed by atoms with E-state index in [0.717, 1.165) is 37.0 Å². The highest BCUT2D eigenvalue weighted by molar-refractivity contribution is 8.22. The van der Waals surface area contributed by atoms with Crippen LogP contribution in [-0.4, -0.2) is 60.7 Å². The van der Waals surface area contributed by atoms with E-state index in [1.807, 2.05) is 0 Å². The fraction of sp³-hybridized carbons (Fsp3) is 0.533. The zero-order valence-corrected chi connectivity index (χ0v) is 14.1. The van der Waals surface area contributed by atoms with Crippen molar-refractivity contribution < 1.29 is 0 Å². The van der Waals surface area contributed by atoms with Crippen LogP contribution in [0.15, 0.2) is 24.3 Å². The first-order valence-corrected chi connectivity index (χ1v) is 8.55. The Morgan fingerprint density at radius 2 is 1.85 bits per heavy atom. The van der Waals surface area contributed by atoms with Gasteiger partial charge in [-0.2, -0.15) is 0 Å². The zero-order valence-electron chi connectivity index (χ0n) is 12.5. The molecular formula is C15H23N3S2. The van der Waals surface area contributed by atoms with Crippen molar-refractivity contribution in [3.8, 4) is 0 Å². The van der Waals surface area contributed by atoms with Gasteiger partial charge in [0.05, 0.1) is 0 Å². The van der Waals surface area contributed by atoms with Crippen LogP contribution in [0, 0.1) is 0 Å². The highest BCUT2D eigenvalue weighted by atomic mass is 32.2. The summed E-state index contributed by atoms with van der Waals surface area (Å²) in [5, 5.41) is 0. The van der Waals surface area contributed by atoms with Crippen molar-refractivity contribution >= 4 is 34.0 Å². The molecule has 2 rings (SSSR count). The van der Waals surface area contributed by atoms with Crippen molar-refractivity contribution in [2.45, 2.75) is 6.54 Å². The minimum atomic E-state index is 1.02. The lowest BCUT2D eigenvalue weighted by atomic mass is 10.1. The van der Waals surface area contributed by atoms with Crippen LogP contribution in [0.25, 0.3) is 0 Å². The van der Waals surface area contributed by atoms with E-state index in [0.29, 0.717) is 0 Å². The molecule has 0 N–H and O–H groups in total. The van der Waals surface area contributed by atoms with Gasteiger partial charge in [-0.1, -0.05) is 30.4 Å². The number of hydrogen-bond donors (Lipinski definition) is 0. The van der Waals surface area contributed by atoms with Crippen molar-refractivity contribution in [3.63, 3.8) is 0 Å². The lowest BCUT2D eigenvalue weighted by molar-refractivity contribution is 0.179. The SMILES string of the molecule is CSC(=S)N1CCN(Cc2ccccc2N(C)C)CC1. The minimum Gasteiger partial charge on any atom is -0.377 e. The molecule has 3 nitrogen and oxygen atoms in total. The lowest BCUT2D eigenvalue weighted by Gasteiger charge is -2.36. The van der Waals surface area contributed by atoms with E-state index in [2.05, 4.69) is 59.3 Å². The van der Waals surface area contributed by atoms with Crippen LogP contribution >= 0.6 is 24.0 Å². The highest BCUT2D eigenvalue weighted by Crippen LogP contribution is 2.20. The van der Waals surface area contributed by atoms with Gasteiger partial charge >= 0.3 is 0 Å². The standard InChI is InChI=1S/C15H23N3S2/c1-16(2)14-7-5-4-6-13(14)12-17-8-10-18(11-9-17)15(19)20-3/h4-7H,8-12H2,1-3H3. The Hall–Kier alpha value is -0.780. The molecule has 1 heterocycles. The smallest absolute Gasteiger partial charge is 0.136 e. The zero-order chi connectivity index (χ0) is 14.5. The van der Waals surface area contributed by atoms with E-state index in [1.54, 1.807) is 11.8 Å². The van der Waals surface area contributed by atoms with Gasteiger partial charge in [-0.3, -0.25) is 4.90 Å². The minimum absolute atomic E-state index is 1.02. The first-order chi connectivity index (χ1) is 9.61. The molecule has 20 heavy (non-hydrogen) atoms. The maximum atomic E-state index is 5.36. The highest BCUT2D eigenvalue weighted by Gasteiger charge is 2.19. The van der Waals surface area contributed by atoms with Gasteiger partial charge in [-0.15, -0.1) is 11.8 Å². The predicted molar refractivity (Wildman–Crippen MR) is 93.7 cm³/mol. The van der Waals surface area contributed by atoms with E-state index in [-0.39, 0.29) is 0 Å². The van der Waals surface area contributed by atoms with Crippen molar-refractivity contribution in [2.24, 2.45) is 0 Å². The molecule has 5 heteroatoms. The lowest BCUT2D eigenvalue weighted by Crippen LogP contribution is -2.47. The summed E-state index contributed by atoms with van der Waals surface area (Å²) >= 11 is 7.04. The number of thiocarbonyl (C=S) groups is 1. The number of rotatable bonds is 3. The number of anilines is 1. The molecule has 0 unspecified atom stereocenters. The molecule has 0 amide bonds. The Kier molecular flexibility index (Phi) is 5.69. The first kappa shape index (κ1) is 15.6. The largest absolute Gasteiger partial charge is 0.377 e. The number of nitrogens with zero attached hydrogens (tertiary/aromatic N) is 3. The molecule has 0 saturated carbocycles. The topological polar surface area (TPSA) is 9.72 Å². The van der Waals surface area contributed by atoms with Gasteiger partial charge in [0.1, 0.15) is 4.32 Å². The Morgan fingerprint density at radius 3 is 2.45 bits per heavy atom. The molecule has 1 saturated heterocycles. The Balaban J connectivity index is 1.94.